The Hall–Kier alpha value is 0.520. The maximum absolute atomic E-state index is 10.2. The average molecular weight is 281 g/mol. The first kappa shape index (κ1) is 26.2. The molecule has 4 N–H and O–H groups in total. The fourth-order valence-electron chi connectivity index (χ4n) is 0.581. The first-order chi connectivity index (χ1) is 6.30. The summed E-state index contributed by atoms with van der Waals surface area (Å²) in [6, 6.07) is 8.30. The summed E-state index contributed by atoms with van der Waals surface area (Å²) < 4.78 is 34.1. The molecule has 1 aromatic rings. The minimum absolute atomic E-state index is 0. The summed E-state index contributed by atoms with van der Waals surface area (Å²) in [6.45, 7) is 0. The van der Waals surface area contributed by atoms with E-state index in [9.17, 15) is 4.79 Å². The van der Waals surface area contributed by atoms with Crippen molar-refractivity contribution in [1.82, 2.24) is 6.15 Å². The first-order valence-electron chi connectivity index (χ1n) is 3.26. The van der Waals surface area contributed by atoms with Crippen LogP contribution in [0.5, 0.6) is 0 Å². The third kappa shape index (κ3) is 22.2. The maximum Gasteiger partial charge on any atom is 1.00 e. The molecule has 7 nitrogen and oxygen atoms in total. The third-order valence-corrected chi connectivity index (χ3v) is 1.02. The van der Waals surface area contributed by atoms with Crippen LogP contribution >= 0.6 is 0 Å². The van der Waals surface area contributed by atoms with Crippen molar-refractivity contribution in [2.45, 2.75) is 0 Å². The van der Waals surface area contributed by atoms with Crippen LogP contribution in [0.25, 0.3) is 0 Å². The quantitative estimate of drug-likeness (QED) is 0.295. The van der Waals surface area contributed by atoms with Crippen LogP contribution < -0.4 is 65.3 Å². The number of benzene rings is 1. The first-order valence-corrected chi connectivity index (χ1v) is 4.59. The largest absolute Gasteiger partial charge is 1.00 e. The normalized spacial score (nSPS) is 8.12. The van der Waals surface area contributed by atoms with Crippen molar-refractivity contribution in [3.05, 3.63) is 35.9 Å². The van der Waals surface area contributed by atoms with E-state index in [-0.39, 0.29) is 65.3 Å². The summed E-state index contributed by atoms with van der Waals surface area (Å²) in [5.41, 5.74) is 0.331. The molecule has 0 aliphatic heterocycles. The molecule has 0 aliphatic carbocycles. The molecule has 10 heteroatoms. The van der Waals surface area contributed by atoms with Crippen LogP contribution in [0.15, 0.2) is 30.3 Å². The number of carboxylic acid groups (broad SMARTS) is 1. The third-order valence-electron chi connectivity index (χ3n) is 1.02. The molecular formula is C7H9NNa2O6S. The molecule has 1 rings (SSSR count). The molecule has 0 aromatic heterocycles. The van der Waals surface area contributed by atoms with Crippen LogP contribution in [-0.2, 0) is 10.4 Å². The number of rotatable bonds is 1. The van der Waals surface area contributed by atoms with Crippen molar-refractivity contribution in [2.24, 2.45) is 0 Å². The van der Waals surface area contributed by atoms with Gasteiger partial charge >= 0.3 is 65.1 Å². The van der Waals surface area contributed by atoms with E-state index >= 15 is 0 Å². The van der Waals surface area contributed by atoms with Crippen molar-refractivity contribution in [3.63, 3.8) is 0 Å². The molecular weight excluding hydrogens is 272 g/mol. The van der Waals surface area contributed by atoms with Gasteiger partial charge in [-0.2, -0.15) is 0 Å². The Morgan fingerprint density at radius 2 is 1.35 bits per heavy atom. The van der Waals surface area contributed by atoms with Gasteiger partial charge in [0.25, 0.3) is 0 Å². The van der Waals surface area contributed by atoms with Crippen molar-refractivity contribution in [1.29, 1.82) is 0 Å². The summed E-state index contributed by atoms with van der Waals surface area (Å²) in [5.74, 6) is -0.879. The standard InChI is InChI=1S/C7H6O2.H3N.2Na.H2O4S/c8-7(9)6-4-2-1-3-5-6;;;;1-5(2,3)4/h1-5H,(H,8,9);1H3;;;(H2,1,2,3,4)/q;;2*+1;/p-2. The molecule has 0 saturated heterocycles. The molecule has 0 fully saturated rings. The van der Waals surface area contributed by atoms with Gasteiger partial charge in [-0.1, -0.05) is 18.2 Å². The van der Waals surface area contributed by atoms with Gasteiger partial charge in [0.2, 0.25) is 0 Å². The molecule has 0 heterocycles. The molecule has 0 spiro atoms. The second-order valence-corrected chi connectivity index (χ2v) is 2.90. The van der Waals surface area contributed by atoms with Crippen LogP contribution in [0.2, 0.25) is 0 Å². The van der Waals surface area contributed by atoms with Crippen LogP contribution in [-0.4, -0.2) is 28.6 Å². The van der Waals surface area contributed by atoms with Crippen molar-refractivity contribution >= 4 is 16.4 Å². The molecule has 0 atom stereocenters. The fraction of sp³-hybridized carbons (Fsp3) is 0. The van der Waals surface area contributed by atoms with Gasteiger partial charge in [-0.15, -0.1) is 0 Å². The Balaban J connectivity index is -0.0000000948. The Morgan fingerprint density at radius 3 is 1.53 bits per heavy atom. The minimum atomic E-state index is -5.17. The maximum atomic E-state index is 10.2. The fourth-order valence-corrected chi connectivity index (χ4v) is 0.581. The van der Waals surface area contributed by atoms with Gasteiger partial charge in [0.05, 0.1) is 5.56 Å². The molecule has 86 valence electrons. The average Bonchev–Trinajstić information content (AvgIpc) is 2.03. The summed E-state index contributed by atoms with van der Waals surface area (Å²) >= 11 is 0. The van der Waals surface area contributed by atoms with E-state index in [1.807, 2.05) is 0 Å². The van der Waals surface area contributed by atoms with E-state index in [4.69, 9.17) is 22.6 Å². The monoisotopic (exact) mass is 281 g/mol. The number of carbonyl (C=O) groups is 1. The second-order valence-electron chi connectivity index (χ2n) is 2.08. The van der Waals surface area contributed by atoms with Gasteiger partial charge in [-0.05, 0) is 12.1 Å². The molecule has 0 saturated carbocycles. The van der Waals surface area contributed by atoms with Crippen molar-refractivity contribution in [2.75, 3.05) is 0 Å². The molecule has 1 aromatic carbocycles. The number of hydrogen-bond donors (Lipinski definition) is 2. The van der Waals surface area contributed by atoms with Crippen LogP contribution in [0.3, 0.4) is 0 Å². The van der Waals surface area contributed by atoms with E-state index in [1.165, 1.54) is 0 Å². The Bertz CT molecular complexity index is 388. The van der Waals surface area contributed by atoms with E-state index in [1.54, 1.807) is 30.3 Å². The zero-order valence-corrected chi connectivity index (χ0v) is 14.3. The predicted octanol–water partition coefficient (Wildman–Crippen LogP) is -5.78. The summed E-state index contributed by atoms with van der Waals surface area (Å²) in [6.07, 6.45) is 0. The predicted molar refractivity (Wildman–Crippen MR) is 48.9 cm³/mol. The molecule has 0 radical (unpaired) electrons. The Kier molecular flexibility index (Phi) is 19.9. The zero-order chi connectivity index (χ0) is 11.2. The summed E-state index contributed by atoms with van der Waals surface area (Å²) in [7, 11) is -5.17. The number of carboxylic acids is 1. The van der Waals surface area contributed by atoms with Crippen molar-refractivity contribution < 1.29 is 86.5 Å². The smallest absolute Gasteiger partial charge is 0.759 e. The zero-order valence-electron chi connectivity index (χ0n) is 9.49. The van der Waals surface area contributed by atoms with E-state index in [0.29, 0.717) is 5.56 Å². The van der Waals surface area contributed by atoms with Gasteiger partial charge in [0.1, 0.15) is 0 Å². The Labute approximate surface area is 143 Å². The number of hydrogen-bond acceptors (Lipinski definition) is 6. The van der Waals surface area contributed by atoms with Gasteiger partial charge < -0.3 is 20.4 Å². The van der Waals surface area contributed by atoms with E-state index < -0.39 is 16.4 Å². The molecule has 17 heavy (non-hydrogen) atoms. The molecule has 0 bridgehead atoms. The molecule has 0 aliphatic rings. The van der Waals surface area contributed by atoms with Crippen LogP contribution in [0, 0.1) is 0 Å². The topological polar surface area (TPSA) is 153 Å². The van der Waals surface area contributed by atoms with Crippen LogP contribution in [0.4, 0.5) is 0 Å². The van der Waals surface area contributed by atoms with Gasteiger partial charge in [0, 0.05) is 10.4 Å². The minimum Gasteiger partial charge on any atom is -0.759 e. The molecule has 0 unspecified atom stereocenters. The van der Waals surface area contributed by atoms with Crippen molar-refractivity contribution in [3.8, 4) is 0 Å². The second kappa shape index (κ2) is 13.0. The Morgan fingerprint density at radius 1 is 1.06 bits per heavy atom. The van der Waals surface area contributed by atoms with E-state index in [0.717, 1.165) is 0 Å². The van der Waals surface area contributed by atoms with Gasteiger partial charge in [0.15, 0.2) is 0 Å². The number of aromatic carboxylic acids is 1. The summed E-state index contributed by atoms with van der Waals surface area (Å²) in [5, 5.41) is 8.38. The van der Waals surface area contributed by atoms with E-state index in [2.05, 4.69) is 0 Å². The molecule has 0 amide bonds. The SMILES string of the molecule is N.O=C(O)c1ccccc1.O=S(=O)([O-])[O-].[Na+].[Na+]. The van der Waals surface area contributed by atoms with Gasteiger partial charge in [-0.3, -0.25) is 8.42 Å². The summed E-state index contributed by atoms with van der Waals surface area (Å²) in [4.78, 5) is 10.2. The van der Waals surface area contributed by atoms with Gasteiger partial charge in [-0.25, -0.2) is 4.79 Å². The van der Waals surface area contributed by atoms with Crippen LogP contribution in [0.1, 0.15) is 10.4 Å².